The first kappa shape index (κ1) is 20.1. The molecule has 2 fully saturated rings. The molecule has 4 rings (SSSR count). The Labute approximate surface area is 173 Å². The molecule has 0 unspecified atom stereocenters. The number of amides is 3. The number of hydrogen-bond donors (Lipinski definition) is 1. The van der Waals surface area contributed by atoms with Crippen LogP contribution in [0.4, 0.5) is 4.79 Å². The summed E-state index contributed by atoms with van der Waals surface area (Å²) in [6, 6.07) is 5.37. The zero-order chi connectivity index (χ0) is 20.8. The van der Waals surface area contributed by atoms with E-state index in [0.29, 0.717) is 24.3 Å². The molecule has 5 heteroatoms. The molecule has 1 saturated heterocycles. The highest BCUT2D eigenvalue weighted by Gasteiger charge is 2.53. The van der Waals surface area contributed by atoms with Crippen LogP contribution in [0.5, 0.6) is 0 Å². The number of fused-ring (bicyclic) bond motifs is 1. The van der Waals surface area contributed by atoms with Crippen LogP contribution in [0.3, 0.4) is 0 Å². The second-order valence-electron chi connectivity index (χ2n) is 9.78. The van der Waals surface area contributed by atoms with E-state index in [1.54, 1.807) is 0 Å². The van der Waals surface area contributed by atoms with Crippen LogP contribution in [-0.4, -0.2) is 34.7 Å². The van der Waals surface area contributed by atoms with Gasteiger partial charge in [0.1, 0.15) is 5.54 Å². The zero-order valence-corrected chi connectivity index (χ0v) is 17.8. The number of benzene rings is 1. The number of nitrogens with zero attached hydrogens (tertiary/aromatic N) is 1. The maximum Gasteiger partial charge on any atom is 0.325 e. The van der Waals surface area contributed by atoms with Crippen LogP contribution in [0.2, 0.25) is 0 Å². The summed E-state index contributed by atoms with van der Waals surface area (Å²) in [5.41, 5.74) is 2.57. The lowest BCUT2D eigenvalue weighted by Gasteiger charge is -2.42. The largest absolute Gasteiger partial charge is 0.325 e. The molecule has 0 bridgehead atoms. The van der Waals surface area contributed by atoms with Gasteiger partial charge in [-0.25, -0.2) is 4.79 Å². The van der Waals surface area contributed by atoms with E-state index in [-0.39, 0.29) is 23.7 Å². The molecule has 1 saturated carbocycles. The molecule has 1 N–H and O–H groups in total. The van der Waals surface area contributed by atoms with E-state index >= 15 is 0 Å². The Bertz CT molecular complexity index is 850. The number of hydrogen-bond acceptors (Lipinski definition) is 3. The first-order valence-corrected chi connectivity index (χ1v) is 11.0. The highest BCUT2D eigenvalue weighted by molar-refractivity contribution is 6.11. The van der Waals surface area contributed by atoms with E-state index in [4.69, 9.17) is 0 Å². The van der Waals surface area contributed by atoms with Gasteiger partial charge in [0.25, 0.3) is 5.91 Å². The second kappa shape index (κ2) is 7.26. The molecule has 2 aliphatic carbocycles. The predicted molar refractivity (Wildman–Crippen MR) is 112 cm³/mol. The van der Waals surface area contributed by atoms with E-state index in [2.05, 4.69) is 26.1 Å². The SMILES string of the molecule is CCC(C)(C)C1CCC2(CC1)NC(=O)N(CC(=O)c1ccc3c(c1)CCC3)C2=O. The van der Waals surface area contributed by atoms with Gasteiger partial charge in [-0.15, -0.1) is 0 Å². The van der Waals surface area contributed by atoms with Crippen LogP contribution in [0.25, 0.3) is 0 Å². The van der Waals surface area contributed by atoms with Gasteiger partial charge in [0.05, 0.1) is 6.54 Å². The number of nitrogens with one attached hydrogen (secondary N) is 1. The van der Waals surface area contributed by atoms with Crippen molar-refractivity contribution in [2.75, 3.05) is 6.54 Å². The van der Waals surface area contributed by atoms with Crippen LogP contribution in [0.15, 0.2) is 18.2 Å². The molecular weight excluding hydrogens is 364 g/mol. The molecular formula is C24H32N2O3. The van der Waals surface area contributed by atoms with Crippen molar-refractivity contribution in [1.82, 2.24) is 10.2 Å². The summed E-state index contributed by atoms with van der Waals surface area (Å²) in [5.74, 6) is 0.177. The molecule has 3 amide bonds. The van der Waals surface area contributed by atoms with Crippen LogP contribution in [0, 0.1) is 11.3 Å². The molecule has 1 spiro atoms. The minimum atomic E-state index is -0.810. The lowest BCUT2D eigenvalue weighted by molar-refractivity contribution is -0.132. The lowest BCUT2D eigenvalue weighted by Crippen LogP contribution is -2.51. The van der Waals surface area contributed by atoms with E-state index < -0.39 is 11.6 Å². The number of carbonyl (C=O) groups is 3. The topological polar surface area (TPSA) is 66.5 Å². The fourth-order valence-corrected chi connectivity index (χ4v) is 5.32. The van der Waals surface area contributed by atoms with Crippen LogP contribution in [0.1, 0.15) is 80.8 Å². The van der Waals surface area contributed by atoms with Gasteiger partial charge in [-0.3, -0.25) is 14.5 Å². The van der Waals surface area contributed by atoms with Gasteiger partial charge in [-0.2, -0.15) is 0 Å². The Morgan fingerprint density at radius 1 is 1.17 bits per heavy atom. The van der Waals surface area contributed by atoms with Gasteiger partial charge >= 0.3 is 6.03 Å². The summed E-state index contributed by atoms with van der Waals surface area (Å²) in [6.45, 7) is 6.60. The summed E-state index contributed by atoms with van der Waals surface area (Å²) in [6.07, 6.45) is 7.47. The first-order valence-electron chi connectivity index (χ1n) is 11.0. The molecule has 29 heavy (non-hydrogen) atoms. The predicted octanol–water partition coefficient (Wildman–Crippen LogP) is 4.28. The number of ketones is 1. The van der Waals surface area contributed by atoms with Crippen molar-refractivity contribution >= 4 is 17.7 Å². The van der Waals surface area contributed by atoms with E-state index in [1.807, 2.05) is 18.2 Å². The molecule has 1 aromatic carbocycles. The van der Waals surface area contributed by atoms with Crippen molar-refractivity contribution in [2.45, 2.75) is 77.7 Å². The van der Waals surface area contributed by atoms with Crippen molar-refractivity contribution < 1.29 is 14.4 Å². The van der Waals surface area contributed by atoms with Gasteiger partial charge in [-0.1, -0.05) is 39.3 Å². The maximum absolute atomic E-state index is 13.2. The number of urea groups is 1. The Kier molecular flexibility index (Phi) is 5.04. The normalized spacial score (nSPS) is 26.7. The summed E-state index contributed by atoms with van der Waals surface area (Å²) in [4.78, 5) is 39.7. The maximum atomic E-state index is 13.2. The minimum Gasteiger partial charge on any atom is -0.323 e. The van der Waals surface area contributed by atoms with Crippen molar-refractivity contribution in [1.29, 1.82) is 0 Å². The smallest absolute Gasteiger partial charge is 0.323 e. The number of imide groups is 1. The Hall–Kier alpha value is -2.17. The van der Waals surface area contributed by atoms with Crippen molar-refractivity contribution in [3.8, 4) is 0 Å². The quantitative estimate of drug-likeness (QED) is 0.597. The van der Waals surface area contributed by atoms with Crippen molar-refractivity contribution in [2.24, 2.45) is 11.3 Å². The molecule has 3 aliphatic rings. The number of carbonyl (C=O) groups excluding carboxylic acids is 3. The fraction of sp³-hybridized carbons (Fsp3) is 0.625. The molecule has 0 radical (unpaired) electrons. The standard InChI is InChI=1S/C24H32N2O3/c1-4-23(2,3)19-10-12-24(13-11-19)21(28)26(22(29)25-24)15-20(27)18-9-8-16-6-5-7-17(16)14-18/h8-9,14,19H,4-7,10-13,15H2,1-3H3,(H,25,29). The van der Waals surface area contributed by atoms with E-state index in [1.165, 1.54) is 11.1 Å². The van der Waals surface area contributed by atoms with Gasteiger partial charge in [0.15, 0.2) is 5.78 Å². The van der Waals surface area contributed by atoms with Crippen molar-refractivity contribution in [3.63, 3.8) is 0 Å². The highest BCUT2D eigenvalue weighted by atomic mass is 16.2. The van der Waals surface area contributed by atoms with E-state index in [9.17, 15) is 14.4 Å². The summed E-state index contributed by atoms with van der Waals surface area (Å²) >= 11 is 0. The molecule has 0 atom stereocenters. The summed E-state index contributed by atoms with van der Waals surface area (Å²) < 4.78 is 0. The average Bonchev–Trinajstić information content (AvgIpc) is 3.26. The monoisotopic (exact) mass is 396 g/mol. The van der Waals surface area contributed by atoms with Gasteiger partial charge < -0.3 is 5.32 Å². The number of aryl methyl sites for hydroxylation is 2. The minimum absolute atomic E-state index is 0.166. The summed E-state index contributed by atoms with van der Waals surface area (Å²) in [7, 11) is 0. The molecule has 1 aliphatic heterocycles. The zero-order valence-electron chi connectivity index (χ0n) is 17.8. The van der Waals surface area contributed by atoms with E-state index in [0.717, 1.165) is 43.4 Å². The molecule has 1 aromatic rings. The second-order valence-corrected chi connectivity index (χ2v) is 9.78. The average molecular weight is 397 g/mol. The number of Topliss-reactive ketones (excluding diaryl/α,β-unsaturated/α-hetero) is 1. The molecule has 5 nitrogen and oxygen atoms in total. The molecule has 156 valence electrons. The molecule has 0 aromatic heterocycles. The van der Waals surface area contributed by atoms with Gasteiger partial charge in [0, 0.05) is 5.56 Å². The third-order valence-corrected chi connectivity index (χ3v) is 7.82. The van der Waals surface area contributed by atoms with Gasteiger partial charge in [0.2, 0.25) is 0 Å². The molecule has 1 heterocycles. The van der Waals surface area contributed by atoms with Crippen LogP contribution in [-0.2, 0) is 17.6 Å². The van der Waals surface area contributed by atoms with Crippen LogP contribution < -0.4 is 5.32 Å². The highest BCUT2D eigenvalue weighted by Crippen LogP contribution is 2.45. The lowest BCUT2D eigenvalue weighted by atomic mass is 9.65. The van der Waals surface area contributed by atoms with Gasteiger partial charge in [-0.05, 0) is 73.5 Å². The Balaban J connectivity index is 1.44. The first-order chi connectivity index (χ1) is 13.8. The third kappa shape index (κ3) is 3.49. The third-order valence-electron chi connectivity index (χ3n) is 7.82. The summed E-state index contributed by atoms with van der Waals surface area (Å²) in [5, 5.41) is 2.94. The van der Waals surface area contributed by atoms with Crippen LogP contribution >= 0.6 is 0 Å². The Morgan fingerprint density at radius 2 is 1.86 bits per heavy atom. The Morgan fingerprint density at radius 3 is 2.55 bits per heavy atom. The number of rotatable bonds is 5. The van der Waals surface area contributed by atoms with Crippen molar-refractivity contribution in [3.05, 3.63) is 34.9 Å². The fourth-order valence-electron chi connectivity index (χ4n) is 5.32.